The lowest BCUT2D eigenvalue weighted by atomic mass is 10.1. The maximum Gasteiger partial charge on any atom is 0.310 e. The smallest absolute Gasteiger partial charge is 0.310 e. The molecule has 0 bridgehead atoms. The second-order valence-electron chi connectivity index (χ2n) is 5.85. The Kier molecular flexibility index (Phi) is 5.44. The molecule has 0 amide bonds. The molecule has 0 atom stereocenters. The average Bonchev–Trinajstić information content (AvgIpc) is 3.25. The highest BCUT2D eigenvalue weighted by Gasteiger charge is 2.16. The van der Waals surface area contributed by atoms with Crippen LogP contribution in [-0.2, 0) is 22.6 Å². The van der Waals surface area contributed by atoms with E-state index < -0.39 is 5.97 Å². The first-order chi connectivity index (χ1) is 13.0. The Labute approximate surface area is 156 Å². The molecule has 0 N–H and O–H groups in total. The molecule has 2 aromatic heterocycles. The van der Waals surface area contributed by atoms with Crippen molar-refractivity contribution in [1.82, 2.24) is 10.2 Å². The largest absolute Gasteiger partial charge is 0.493 e. The highest BCUT2D eigenvalue weighted by molar-refractivity contribution is 5.73. The number of rotatable bonds is 7. The molecule has 0 aliphatic heterocycles. The molecule has 3 rings (SSSR count). The van der Waals surface area contributed by atoms with Crippen molar-refractivity contribution in [2.75, 3.05) is 14.2 Å². The summed E-state index contributed by atoms with van der Waals surface area (Å²) in [5.41, 5.74) is 1.47. The number of hydrogen-bond acceptors (Lipinski definition) is 8. The summed E-state index contributed by atoms with van der Waals surface area (Å²) >= 11 is 0. The van der Waals surface area contributed by atoms with Crippen molar-refractivity contribution in [1.29, 1.82) is 0 Å². The standard InChI is InChI=1S/C19H20N2O6/c1-11-7-14(12(2)26-11)19-21-20-17(27-19)10-25-18(22)9-13-5-6-15(23-3)16(8-13)24-4/h5-8H,9-10H2,1-4H3. The van der Waals surface area contributed by atoms with Crippen molar-refractivity contribution in [3.05, 3.63) is 47.2 Å². The summed E-state index contributed by atoms with van der Waals surface area (Å²) in [5.74, 6) is 2.71. The lowest BCUT2D eigenvalue weighted by Crippen LogP contribution is -2.08. The molecular formula is C19H20N2O6. The molecule has 2 heterocycles. The molecular weight excluding hydrogens is 352 g/mol. The number of benzene rings is 1. The Bertz CT molecular complexity index is 944. The van der Waals surface area contributed by atoms with Crippen molar-refractivity contribution in [2.24, 2.45) is 0 Å². The highest BCUT2D eigenvalue weighted by Crippen LogP contribution is 2.28. The van der Waals surface area contributed by atoms with Crippen molar-refractivity contribution in [3.63, 3.8) is 0 Å². The number of aromatic nitrogens is 2. The van der Waals surface area contributed by atoms with E-state index in [4.69, 9.17) is 23.0 Å². The van der Waals surface area contributed by atoms with Crippen LogP contribution < -0.4 is 9.47 Å². The molecule has 0 saturated carbocycles. The van der Waals surface area contributed by atoms with Crippen LogP contribution in [0.5, 0.6) is 11.5 Å². The van der Waals surface area contributed by atoms with Crippen molar-refractivity contribution in [3.8, 4) is 23.0 Å². The lowest BCUT2D eigenvalue weighted by molar-refractivity contribution is -0.144. The number of aryl methyl sites for hydroxylation is 2. The van der Waals surface area contributed by atoms with E-state index in [-0.39, 0.29) is 18.9 Å². The van der Waals surface area contributed by atoms with E-state index in [1.807, 2.05) is 19.9 Å². The molecule has 0 aliphatic carbocycles. The summed E-state index contributed by atoms with van der Waals surface area (Å²) in [7, 11) is 3.09. The van der Waals surface area contributed by atoms with Gasteiger partial charge in [-0.15, -0.1) is 10.2 Å². The van der Waals surface area contributed by atoms with Gasteiger partial charge in [-0.25, -0.2) is 0 Å². The fourth-order valence-electron chi connectivity index (χ4n) is 2.61. The Morgan fingerprint density at radius 1 is 1.04 bits per heavy atom. The number of ether oxygens (including phenoxy) is 3. The minimum atomic E-state index is -0.419. The summed E-state index contributed by atoms with van der Waals surface area (Å²) in [6.45, 7) is 3.55. The summed E-state index contributed by atoms with van der Waals surface area (Å²) < 4.78 is 26.6. The third kappa shape index (κ3) is 4.28. The van der Waals surface area contributed by atoms with Crippen LogP contribution in [0, 0.1) is 13.8 Å². The summed E-state index contributed by atoms with van der Waals surface area (Å²) in [5, 5.41) is 7.87. The van der Waals surface area contributed by atoms with E-state index >= 15 is 0 Å². The van der Waals surface area contributed by atoms with Crippen molar-refractivity contribution >= 4 is 5.97 Å². The summed E-state index contributed by atoms with van der Waals surface area (Å²) in [4.78, 5) is 12.1. The number of furan rings is 1. The van der Waals surface area contributed by atoms with Crippen LogP contribution in [-0.4, -0.2) is 30.4 Å². The normalized spacial score (nSPS) is 10.7. The minimum Gasteiger partial charge on any atom is -0.493 e. The monoisotopic (exact) mass is 372 g/mol. The quantitative estimate of drug-likeness (QED) is 0.583. The van der Waals surface area contributed by atoms with E-state index in [1.165, 1.54) is 7.11 Å². The lowest BCUT2D eigenvalue weighted by Gasteiger charge is -2.09. The molecule has 0 unspecified atom stereocenters. The average molecular weight is 372 g/mol. The Balaban J connectivity index is 1.59. The first kappa shape index (κ1) is 18.5. The number of carbonyl (C=O) groups excluding carboxylic acids is 1. The van der Waals surface area contributed by atoms with Crippen molar-refractivity contribution in [2.45, 2.75) is 26.9 Å². The highest BCUT2D eigenvalue weighted by atomic mass is 16.5. The van der Waals surface area contributed by atoms with Gasteiger partial charge in [0.25, 0.3) is 11.8 Å². The fraction of sp³-hybridized carbons (Fsp3) is 0.316. The van der Waals surface area contributed by atoms with Gasteiger partial charge in [0, 0.05) is 0 Å². The third-order valence-electron chi connectivity index (χ3n) is 3.89. The molecule has 8 heteroatoms. The zero-order valence-corrected chi connectivity index (χ0v) is 15.6. The van der Waals surface area contributed by atoms with Crippen LogP contribution in [0.15, 0.2) is 33.1 Å². The molecule has 142 valence electrons. The SMILES string of the molecule is COc1ccc(CC(=O)OCc2nnc(-c3cc(C)oc3C)o2)cc1OC. The predicted molar refractivity (Wildman–Crippen MR) is 94.5 cm³/mol. The van der Waals surface area contributed by atoms with Gasteiger partial charge in [-0.05, 0) is 37.6 Å². The van der Waals surface area contributed by atoms with Crippen LogP contribution in [0.2, 0.25) is 0 Å². The first-order valence-corrected chi connectivity index (χ1v) is 8.26. The molecule has 0 fully saturated rings. The van der Waals surface area contributed by atoms with Crippen molar-refractivity contribution < 1.29 is 27.8 Å². The Hall–Kier alpha value is -3.29. The van der Waals surface area contributed by atoms with Crippen LogP contribution in [0.1, 0.15) is 23.0 Å². The second-order valence-corrected chi connectivity index (χ2v) is 5.85. The van der Waals surface area contributed by atoms with Gasteiger partial charge in [0.05, 0.1) is 26.2 Å². The van der Waals surface area contributed by atoms with Gasteiger partial charge < -0.3 is 23.0 Å². The van der Waals surface area contributed by atoms with E-state index in [0.717, 1.165) is 16.9 Å². The Morgan fingerprint density at radius 3 is 2.48 bits per heavy atom. The number of hydrogen-bond donors (Lipinski definition) is 0. The van der Waals surface area contributed by atoms with Gasteiger partial charge in [0.1, 0.15) is 11.5 Å². The summed E-state index contributed by atoms with van der Waals surface area (Å²) in [6.07, 6.45) is 0.0847. The van der Waals surface area contributed by atoms with Gasteiger partial charge in [-0.1, -0.05) is 6.07 Å². The molecule has 0 spiro atoms. The molecule has 0 aliphatic rings. The van der Waals surface area contributed by atoms with E-state index in [0.29, 0.717) is 23.1 Å². The zero-order chi connectivity index (χ0) is 19.4. The van der Waals surface area contributed by atoms with E-state index in [9.17, 15) is 4.79 Å². The van der Waals surface area contributed by atoms with Crippen LogP contribution in [0.3, 0.4) is 0 Å². The van der Waals surface area contributed by atoms with Crippen LogP contribution in [0.25, 0.3) is 11.5 Å². The minimum absolute atomic E-state index is 0.0847. The predicted octanol–water partition coefficient (Wildman–Crippen LogP) is 3.25. The number of methoxy groups -OCH3 is 2. The molecule has 3 aromatic rings. The van der Waals surface area contributed by atoms with Gasteiger partial charge in [0.15, 0.2) is 18.1 Å². The van der Waals surface area contributed by atoms with Gasteiger partial charge in [-0.2, -0.15) is 0 Å². The zero-order valence-electron chi connectivity index (χ0n) is 15.6. The number of carbonyl (C=O) groups is 1. The fourth-order valence-corrected chi connectivity index (χ4v) is 2.61. The second kappa shape index (κ2) is 7.94. The molecule has 27 heavy (non-hydrogen) atoms. The maximum atomic E-state index is 12.1. The molecule has 1 aromatic carbocycles. The number of esters is 1. The van der Waals surface area contributed by atoms with Gasteiger partial charge in [-0.3, -0.25) is 4.79 Å². The first-order valence-electron chi connectivity index (χ1n) is 8.26. The number of nitrogens with zero attached hydrogens (tertiary/aromatic N) is 2. The van der Waals surface area contributed by atoms with Gasteiger partial charge in [0.2, 0.25) is 0 Å². The molecule has 0 radical (unpaired) electrons. The van der Waals surface area contributed by atoms with Gasteiger partial charge >= 0.3 is 5.97 Å². The molecule has 0 saturated heterocycles. The van der Waals surface area contributed by atoms with E-state index in [1.54, 1.807) is 25.3 Å². The van der Waals surface area contributed by atoms with Crippen LogP contribution >= 0.6 is 0 Å². The maximum absolute atomic E-state index is 12.1. The topological polar surface area (TPSA) is 96.8 Å². The van der Waals surface area contributed by atoms with Crippen LogP contribution in [0.4, 0.5) is 0 Å². The summed E-state index contributed by atoms with van der Waals surface area (Å²) in [6, 6.07) is 7.06. The Morgan fingerprint density at radius 2 is 1.81 bits per heavy atom. The third-order valence-corrected chi connectivity index (χ3v) is 3.89. The van der Waals surface area contributed by atoms with E-state index in [2.05, 4.69) is 10.2 Å². The molecule has 8 nitrogen and oxygen atoms in total.